The smallest absolute Gasteiger partial charge is 0.00904 e. The number of piperidine rings is 2. The van der Waals surface area contributed by atoms with E-state index in [2.05, 4.69) is 44.5 Å². The number of rotatable bonds is 3. The highest BCUT2D eigenvalue weighted by Crippen LogP contribution is 2.45. The lowest BCUT2D eigenvalue weighted by atomic mass is 9.65. The van der Waals surface area contributed by atoms with Crippen LogP contribution in [0.2, 0.25) is 0 Å². The van der Waals surface area contributed by atoms with Crippen molar-refractivity contribution < 1.29 is 0 Å². The predicted molar refractivity (Wildman–Crippen MR) is 74.3 cm³/mol. The molecule has 0 saturated carbocycles. The van der Waals surface area contributed by atoms with Crippen LogP contribution in [0.15, 0.2) is 0 Å². The van der Waals surface area contributed by atoms with Crippen LogP contribution < -0.4 is 0 Å². The molecule has 2 aliphatic heterocycles. The van der Waals surface area contributed by atoms with Crippen molar-refractivity contribution in [2.45, 2.75) is 53.0 Å². The Morgan fingerprint density at radius 2 is 1.41 bits per heavy atom. The maximum atomic E-state index is 2.79. The zero-order valence-corrected chi connectivity index (χ0v) is 12.4. The van der Waals surface area contributed by atoms with Gasteiger partial charge in [0.15, 0.2) is 0 Å². The molecular weight excluding hydrogens is 208 g/mol. The molecule has 2 bridgehead atoms. The second-order valence-corrected chi connectivity index (χ2v) is 7.35. The fourth-order valence-corrected chi connectivity index (χ4v) is 4.81. The molecule has 100 valence electrons. The maximum absolute atomic E-state index is 2.79. The first kappa shape index (κ1) is 13.4. The first-order valence-electron chi connectivity index (χ1n) is 7.32. The van der Waals surface area contributed by atoms with Crippen LogP contribution in [-0.4, -0.2) is 49.1 Å². The van der Waals surface area contributed by atoms with Crippen molar-refractivity contribution in [3.05, 3.63) is 0 Å². The highest BCUT2D eigenvalue weighted by atomic mass is 15.2. The quantitative estimate of drug-likeness (QED) is 0.746. The van der Waals surface area contributed by atoms with Gasteiger partial charge < -0.3 is 4.90 Å². The van der Waals surface area contributed by atoms with Crippen molar-refractivity contribution in [2.75, 3.05) is 33.2 Å². The first-order chi connectivity index (χ1) is 7.90. The van der Waals surface area contributed by atoms with Gasteiger partial charge in [0.25, 0.3) is 0 Å². The summed E-state index contributed by atoms with van der Waals surface area (Å²) in [6.07, 6.45) is 4.03. The number of nitrogens with zero attached hydrogens (tertiary/aromatic N) is 2. The molecule has 2 saturated heterocycles. The zero-order valence-electron chi connectivity index (χ0n) is 12.4. The topological polar surface area (TPSA) is 6.48 Å². The van der Waals surface area contributed by atoms with Gasteiger partial charge in [0.1, 0.15) is 0 Å². The van der Waals surface area contributed by atoms with Crippen LogP contribution in [0.4, 0.5) is 0 Å². The summed E-state index contributed by atoms with van der Waals surface area (Å²) >= 11 is 0. The van der Waals surface area contributed by atoms with Gasteiger partial charge in [-0.25, -0.2) is 0 Å². The van der Waals surface area contributed by atoms with Gasteiger partial charge in [0, 0.05) is 32.2 Å². The van der Waals surface area contributed by atoms with E-state index in [9.17, 15) is 0 Å². The zero-order chi connectivity index (χ0) is 12.7. The van der Waals surface area contributed by atoms with E-state index < -0.39 is 0 Å². The lowest BCUT2D eigenvalue weighted by Crippen LogP contribution is -2.62. The molecule has 2 atom stereocenters. The first-order valence-corrected chi connectivity index (χ1v) is 7.32. The van der Waals surface area contributed by atoms with E-state index in [1.807, 2.05) is 0 Å². The SMILES string of the molecule is CCC(CC)N1CC2(C)CN(C)CC(C)(C1)C2. The Morgan fingerprint density at radius 3 is 1.82 bits per heavy atom. The molecule has 2 aliphatic rings. The van der Waals surface area contributed by atoms with Gasteiger partial charge in [-0.2, -0.15) is 0 Å². The number of fused-ring (bicyclic) bond motifs is 2. The van der Waals surface area contributed by atoms with Gasteiger partial charge in [-0.05, 0) is 37.1 Å². The van der Waals surface area contributed by atoms with E-state index in [1.54, 1.807) is 0 Å². The van der Waals surface area contributed by atoms with Gasteiger partial charge in [0.05, 0.1) is 0 Å². The van der Waals surface area contributed by atoms with Gasteiger partial charge in [-0.3, -0.25) is 4.90 Å². The summed E-state index contributed by atoms with van der Waals surface area (Å²) in [6.45, 7) is 14.8. The van der Waals surface area contributed by atoms with E-state index in [1.165, 1.54) is 45.4 Å². The molecule has 2 heteroatoms. The van der Waals surface area contributed by atoms with Crippen molar-refractivity contribution in [1.82, 2.24) is 9.80 Å². The van der Waals surface area contributed by atoms with Gasteiger partial charge >= 0.3 is 0 Å². The molecule has 2 fully saturated rings. The minimum atomic E-state index is 0.516. The molecule has 0 aromatic heterocycles. The second-order valence-electron chi connectivity index (χ2n) is 7.35. The molecule has 0 aromatic rings. The van der Waals surface area contributed by atoms with Gasteiger partial charge in [-0.1, -0.05) is 27.7 Å². The Bertz CT molecular complexity index is 254. The van der Waals surface area contributed by atoms with E-state index in [0.29, 0.717) is 10.8 Å². The van der Waals surface area contributed by atoms with E-state index in [4.69, 9.17) is 0 Å². The lowest BCUT2D eigenvalue weighted by Gasteiger charge is -2.57. The Morgan fingerprint density at radius 1 is 0.941 bits per heavy atom. The molecule has 17 heavy (non-hydrogen) atoms. The maximum Gasteiger partial charge on any atom is 0.00904 e. The Hall–Kier alpha value is -0.0800. The van der Waals surface area contributed by atoms with Crippen LogP contribution in [0, 0.1) is 10.8 Å². The largest absolute Gasteiger partial charge is 0.305 e. The fraction of sp³-hybridized carbons (Fsp3) is 1.00. The predicted octanol–water partition coefficient (Wildman–Crippen LogP) is 2.84. The Kier molecular flexibility index (Phi) is 3.57. The number of likely N-dealkylation sites (tertiary alicyclic amines) is 2. The monoisotopic (exact) mass is 238 g/mol. The Balaban J connectivity index is 2.16. The lowest BCUT2D eigenvalue weighted by molar-refractivity contribution is -0.0804. The summed E-state index contributed by atoms with van der Waals surface area (Å²) < 4.78 is 0. The molecule has 2 nitrogen and oxygen atoms in total. The van der Waals surface area contributed by atoms with E-state index in [-0.39, 0.29) is 0 Å². The molecule has 2 rings (SSSR count). The summed E-state index contributed by atoms with van der Waals surface area (Å²) in [6, 6.07) is 0.803. The standard InChI is InChI=1S/C15H30N2/c1-6-13(7-2)17-11-14(3)8-15(4,12-17)10-16(5)9-14/h13H,6-12H2,1-5H3. The second kappa shape index (κ2) is 4.55. The summed E-state index contributed by atoms with van der Waals surface area (Å²) in [5.74, 6) is 0. The summed E-state index contributed by atoms with van der Waals surface area (Å²) in [5.41, 5.74) is 1.03. The molecule has 0 N–H and O–H groups in total. The molecule has 0 aromatic carbocycles. The van der Waals surface area contributed by atoms with Crippen LogP contribution in [0.5, 0.6) is 0 Å². The third kappa shape index (κ3) is 2.68. The van der Waals surface area contributed by atoms with Crippen molar-refractivity contribution in [3.63, 3.8) is 0 Å². The third-order valence-corrected chi connectivity index (χ3v) is 4.79. The summed E-state index contributed by atoms with van der Waals surface area (Å²) in [4.78, 5) is 5.34. The average molecular weight is 238 g/mol. The normalized spacial score (nSPS) is 39.9. The molecule has 0 aliphatic carbocycles. The fourth-order valence-electron chi connectivity index (χ4n) is 4.81. The number of hydrogen-bond donors (Lipinski definition) is 0. The van der Waals surface area contributed by atoms with Gasteiger partial charge in [0.2, 0.25) is 0 Å². The summed E-state index contributed by atoms with van der Waals surface area (Å²) in [7, 11) is 2.29. The van der Waals surface area contributed by atoms with E-state index in [0.717, 1.165) is 6.04 Å². The minimum absolute atomic E-state index is 0.516. The molecular formula is C15H30N2. The Labute approximate surface area is 107 Å². The summed E-state index contributed by atoms with van der Waals surface area (Å²) in [5, 5.41) is 0. The third-order valence-electron chi connectivity index (χ3n) is 4.79. The minimum Gasteiger partial charge on any atom is -0.305 e. The van der Waals surface area contributed by atoms with Crippen LogP contribution in [-0.2, 0) is 0 Å². The van der Waals surface area contributed by atoms with Crippen molar-refractivity contribution >= 4 is 0 Å². The van der Waals surface area contributed by atoms with Crippen molar-refractivity contribution in [3.8, 4) is 0 Å². The van der Waals surface area contributed by atoms with Crippen molar-refractivity contribution in [1.29, 1.82) is 0 Å². The van der Waals surface area contributed by atoms with Crippen LogP contribution in [0.1, 0.15) is 47.0 Å². The van der Waals surface area contributed by atoms with E-state index >= 15 is 0 Å². The van der Waals surface area contributed by atoms with Crippen molar-refractivity contribution in [2.24, 2.45) is 10.8 Å². The molecule has 2 unspecified atom stereocenters. The van der Waals surface area contributed by atoms with Crippen LogP contribution >= 0.6 is 0 Å². The molecule has 0 spiro atoms. The van der Waals surface area contributed by atoms with Crippen LogP contribution in [0.3, 0.4) is 0 Å². The average Bonchev–Trinajstić information content (AvgIpc) is 2.14. The molecule has 0 radical (unpaired) electrons. The molecule has 2 heterocycles. The number of hydrogen-bond acceptors (Lipinski definition) is 2. The van der Waals surface area contributed by atoms with Gasteiger partial charge in [-0.15, -0.1) is 0 Å². The highest BCUT2D eigenvalue weighted by Gasteiger charge is 2.48. The molecule has 0 amide bonds. The van der Waals surface area contributed by atoms with Crippen LogP contribution in [0.25, 0.3) is 0 Å². The highest BCUT2D eigenvalue weighted by molar-refractivity contribution is 5.01.